The molecule has 0 aliphatic heterocycles. The van der Waals surface area contributed by atoms with Crippen LogP contribution in [0.25, 0.3) is 10.9 Å². The van der Waals surface area contributed by atoms with E-state index in [4.69, 9.17) is 0 Å². The van der Waals surface area contributed by atoms with Crippen LogP contribution in [-0.2, 0) is 9.59 Å². The van der Waals surface area contributed by atoms with Crippen LogP contribution in [0.15, 0.2) is 27.5 Å². The molecule has 1 atom stereocenters. The summed E-state index contributed by atoms with van der Waals surface area (Å²) in [4.78, 5) is 40.5. The van der Waals surface area contributed by atoms with E-state index in [1.807, 2.05) is 0 Å². The summed E-state index contributed by atoms with van der Waals surface area (Å²) < 4.78 is 2.28. The molecule has 21 heavy (non-hydrogen) atoms. The first-order valence-corrected chi connectivity index (χ1v) is 7.49. The lowest BCUT2D eigenvalue weighted by atomic mass is 9.92. The number of nitrogens with zero attached hydrogens (tertiary/aromatic N) is 2. The van der Waals surface area contributed by atoms with Gasteiger partial charge in [0.05, 0.1) is 23.4 Å². The number of hydrogen-bond donors (Lipinski definition) is 0. The number of carbonyl (C=O) groups excluding carboxylic acids is 2. The predicted octanol–water partition coefficient (Wildman–Crippen LogP) is 2.33. The number of rotatable bonds is 1. The largest absolute Gasteiger partial charge is 0.299 e. The van der Waals surface area contributed by atoms with Gasteiger partial charge in [-0.3, -0.25) is 19.0 Å². The number of benzene rings is 1. The summed E-state index contributed by atoms with van der Waals surface area (Å²) in [5.41, 5.74) is 0.375. The van der Waals surface area contributed by atoms with Crippen LogP contribution < -0.4 is 5.56 Å². The third-order valence-corrected chi connectivity index (χ3v) is 4.28. The second kappa shape index (κ2) is 5.18. The molecule has 1 unspecified atom stereocenters. The molecule has 0 amide bonds. The van der Waals surface area contributed by atoms with Crippen molar-refractivity contribution in [3.8, 4) is 0 Å². The maximum Gasteiger partial charge on any atom is 0.262 e. The molecule has 1 aliphatic carbocycles. The third kappa shape index (κ3) is 2.44. The predicted molar refractivity (Wildman–Crippen MR) is 81.3 cm³/mol. The first kappa shape index (κ1) is 14.1. The molecule has 0 saturated heterocycles. The Morgan fingerprint density at radius 3 is 2.76 bits per heavy atom. The van der Waals surface area contributed by atoms with E-state index in [0.29, 0.717) is 29.6 Å². The summed E-state index contributed by atoms with van der Waals surface area (Å²) in [7, 11) is 0. The molecule has 1 aliphatic rings. The van der Waals surface area contributed by atoms with Gasteiger partial charge in [0.25, 0.3) is 5.56 Å². The van der Waals surface area contributed by atoms with Crippen LogP contribution in [0.2, 0.25) is 0 Å². The first-order valence-electron chi connectivity index (χ1n) is 6.70. The molecule has 0 spiro atoms. The highest BCUT2D eigenvalue weighted by Gasteiger charge is 2.30. The molecule has 1 fully saturated rings. The zero-order valence-electron chi connectivity index (χ0n) is 11.4. The molecule has 1 heterocycles. The van der Waals surface area contributed by atoms with Crippen molar-refractivity contribution in [1.29, 1.82) is 0 Å². The minimum absolute atomic E-state index is 0.0559. The van der Waals surface area contributed by atoms with E-state index in [0.717, 1.165) is 4.47 Å². The first-order chi connectivity index (χ1) is 9.97. The molecular weight excluding hydrogens is 336 g/mol. The van der Waals surface area contributed by atoms with Crippen molar-refractivity contribution in [3.05, 3.63) is 38.9 Å². The zero-order valence-corrected chi connectivity index (χ0v) is 13.0. The summed E-state index contributed by atoms with van der Waals surface area (Å²) >= 11 is 3.35. The highest BCUT2D eigenvalue weighted by atomic mass is 79.9. The van der Waals surface area contributed by atoms with E-state index in [-0.39, 0.29) is 23.5 Å². The van der Waals surface area contributed by atoms with Crippen LogP contribution in [0.5, 0.6) is 0 Å². The van der Waals surface area contributed by atoms with Gasteiger partial charge in [0.15, 0.2) is 5.78 Å². The highest BCUT2D eigenvalue weighted by Crippen LogP contribution is 2.24. The summed E-state index contributed by atoms with van der Waals surface area (Å²) in [6.07, 6.45) is 0.623. The lowest BCUT2D eigenvalue weighted by Gasteiger charge is -2.23. The van der Waals surface area contributed by atoms with Gasteiger partial charge in [0, 0.05) is 10.9 Å². The molecule has 2 aromatic rings. The van der Waals surface area contributed by atoms with E-state index in [1.54, 1.807) is 25.1 Å². The normalized spacial score (nSPS) is 19.2. The summed E-state index contributed by atoms with van der Waals surface area (Å²) in [6.45, 7) is 1.71. The quantitative estimate of drug-likeness (QED) is 0.741. The monoisotopic (exact) mass is 348 g/mol. The van der Waals surface area contributed by atoms with Crippen LogP contribution in [0.4, 0.5) is 0 Å². The van der Waals surface area contributed by atoms with Gasteiger partial charge in [-0.1, -0.05) is 15.9 Å². The minimum atomic E-state index is -0.573. The molecule has 3 rings (SSSR count). The lowest BCUT2D eigenvalue weighted by molar-refractivity contribution is -0.132. The van der Waals surface area contributed by atoms with Gasteiger partial charge in [-0.15, -0.1) is 0 Å². The van der Waals surface area contributed by atoms with Crippen molar-refractivity contribution in [1.82, 2.24) is 9.55 Å². The number of hydrogen-bond acceptors (Lipinski definition) is 4. The van der Waals surface area contributed by atoms with Gasteiger partial charge in [0.1, 0.15) is 11.6 Å². The van der Waals surface area contributed by atoms with E-state index in [2.05, 4.69) is 20.9 Å². The Balaban J connectivity index is 2.19. The summed E-state index contributed by atoms with van der Waals surface area (Å²) in [6, 6.07) is 4.68. The SMILES string of the molecule is Cc1nc2cc(Br)ccc2c(=O)n1C1CCC(=O)CC1=O. The fourth-order valence-corrected chi connectivity index (χ4v) is 3.13. The molecule has 1 aromatic heterocycles. The van der Waals surface area contributed by atoms with Gasteiger partial charge in [-0.05, 0) is 31.5 Å². The van der Waals surface area contributed by atoms with Crippen molar-refractivity contribution in [2.45, 2.75) is 32.2 Å². The van der Waals surface area contributed by atoms with E-state index in [9.17, 15) is 14.4 Å². The number of aromatic nitrogens is 2. The number of halogens is 1. The topological polar surface area (TPSA) is 69.0 Å². The molecule has 0 bridgehead atoms. The molecule has 0 radical (unpaired) electrons. The number of fused-ring (bicyclic) bond motifs is 1. The fraction of sp³-hybridized carbons (Fsp3) is 0.333. The van der Waals surface area contributed by atoms with E-state index >= 15 is 0 Å². The molecule has 1 aromatic carbocycles. The summed E-state index contributed by atoms with van der Waals surface area (Å²) in [5, 5.41) is 0.480. The number of ketones is 2. The van der Waals surface area contributed by atoms with Crippen LogP contribution in [0.3, 0.4) is 0 Å². The number of carbonyl (C=O) groups is 2. The smallest absolute Gasteiger partial charge is 0.262 e. The van der Waals surface area contributed by atoms with E-state index < -0.39 is 6.04 Å². The Morgan fingerprint density at radius 1 is 1.29 bits per heavy atom. The second-order valence-electron chi connectivity index (χ2n) is 5.23. The molecule has 108 valence electrons. The summed E-state index contributed by atoms with van der Waals surface area (Å²) in [5.74, 6) is 0.243. The standard InChI is InChI=1S/C15H13BrN2O3/c1-8-17-12-6-9(16)2-4-11(12)15(21)18(8)13-5-3-10(19)7-14(13)20/h2,4,6,13H,3,5,7H2,1H3. The van der Waals surface area contributed by atoms with Crippen molar-refractivity contribution in [2.75, 3.05) is 0 Å². The van der Waals surface area contributed by atoms with Crippen LogP contribution in [0, 0.1) is 6.92 Å². The van der Waals surface area contributed by atoms with Crippen molar-refractivity contribution in [2.24, 2.45) is 0 Å². The van der Waals surface area contributed by atoms with Crippen LogP contribution in [-0.4, -0.2) is 21.1 Å². The molecule has 6 heteroatoms. The van der Waals surface area contributed by atoms with Crippen molar-refractivity contribution in [3.63, 3.8) is 0 Å². The molecular formula is C15H13BrN2O3. The Bertz CT molecular complexity index is 826. The van der Waals surface area contributed by atoms with Gasteiger partial charge >= 0.3 is 0 Å². The Kier molecular flexibility index (Phi) is 3.49. The highest BCUT2D eigenvalue weighted by molar-refractivity contribution is 9.10. The maximum absolute atomic E-state index is 12.7. The number of Topliss-reactive ketones (excluding diaryl/α,β-unsaturated/α-hetero) is 2. The third-order valence-electron chi connectivity index (χ3n) is 3.79. The molecule has 0 N–H and O–H groups in total. The average Bonchev–Trinajstić information content (AvgIpc) is 2.40. The molecule has 1 saturated carbocycles. The zero-order chi connectivity index (χ0) is 15.1. The number of aryl methyl sites for hydroxylation is 1. The Morgan fingerprint density at radius 2 is 2.05 bits per heavy atom. The maximum atomic E-state index is 12.7. The molecule has 5 nitrogen and oxygen atoms in total. The fourth-order valence-electron chi connectivity index (χ4n) is 2.78. The van der Waals surface area contributed by atoms with Crippen LogP contribution >= 0.6 is 15.9 Å². The van der Waals surface area contributed by atoms with E-state index in [1.165, 1.54) is 4.57 Å². The Labute approximate surface area is 129 Å². The van der Waals surface area contributed by atoms with Gasteiger partial charge in [-0.25, -0.2) is 4.98 Å². The van der Waals surface area contributed by atoms with Crippen molar-refractivity contribution >= 4 is 38.4 Å². The van der Waals surface area contributed by atoms with Gasteiger partial charge in [0.2, 0.25) is 0 Å². The van der Waals surface area contributed by atoms with Crippen LogP contribution in [0.1, 0.15) is 31.1 Å². The van der Waals surface area contributed by atoms with Gasteiger partial charge in [-0.2, -0.15) is 0 Å². The lowest BCUT2D eigenvalue weighted by Crippen LogP contribution is -2.36. The Hall–Kier alpha value is -1.82. The second-order valence-corrected chi connectivity index (χ2v) is 6.15. The van der Waals surface area contributed by atoms with Gasteiger partial charge < -0.3 is 0 Å². The minimum Gasteiger partial charge on any atom is -0.299 e. The van der Waals surface area contributed by atoms with Crippen molar-refractivity contribution < 1.29 is 9.59 Å². The average molecular weight is 349 g/mol.